The van der Waals surface area contributed by atoms with Gasteiger partial charge in [-0.15, -0.1) is 0 Å². The molecular formula is C20H23ClN2O3S. The summed E-state index contributed by atoms with van der Waals surface area (Å²) in [5, 5.41) is 6.46. The van der Waals surface area contributed by atoms with E-state index in [0.717, 1.165) is 30.3 Å². The lowest BCUT2D eigenvalue weighted by atomic mass is 10.1. The zero-order chi connectivity index (χ0) is 19.5. The summed E-state index contributed by atoms with van der Waals surface area (Å²) in [5.41, 5.74) is 2.37. The predicted molar refractivity (Wildman–Crippen MR) is 110 cm³/mol. The molecule has 5 nitrogen and oxygen atoms in total. The first-order valence-corrected chi connectivity index (χ1v) is 11.2. The fraction of sp³-hybridized carbons (Fsp3) is 0.350. The average molecular weight is 407 g/mol. The minimum Gasteiger partial charge on any atom is -0.380 e. The van der Waals surface area contributed by atoms with Crippen LogP contribution >= 0.6 is 11.6 Å². The van der Waals surface area contributed by atoms with E-state index in [0.29, 0.717) is 30.1 Å². The topological polar surface area (TPSA) is 75.3 Å². The monoisotopic (exact) mass is 406 g/mol. The van der Waals surface area contributed by atoms with Crippen molar-refractivity contribution in [2.75, 3.05) is 16.9 Å². The standard InChI is InChI=1S/C20H23ClN2O3S/c1-27(25,26)20(11-5-6-12-20)19(24)23-16-9-10-18(17(21)13-16)22-14-15-7-3-2-4-8-15/h2-4,7-10,13,22H,5-6,11-12,14H2,1H3,(H,23,24). The van der Waals surface area contributed by atoms with E-state index in [2.05, 4.69) is 10.6 Å². The van der Waals surface area contributed by atoms with Crippen molar-refractivity contribution < 1.29 is 13.2 Å². The minimum absolute atomic E-state index is 0.363. The first-order chi connectivity index (χ1) is 12.8. The van der Waals surface area contributed by atoms with Crippen LogP contribution in [-0.4, -0.2) is 25.3 Å². The maximum Gasteiger partial charge on any atom is 0.245 e. The third-order valence-corrected chi connectivity index (χ3v) is 7.41. The maximum absolute atomic E-state index is 12.7. The van der Waals surface area contributed by atoms with E-state index >= 15 is 0 Å². The van der Waals surface area contributed by atoms with Crippen LogP contribution in [0.3, 0.4) is 0 Å². The van der Waals surface area contributed by atoms with Crippen LogP contribution < -0.4 is 10.6 Å². The lowest BCUT2D eigenvalue weighted by Crippen LogP contribution is -2.47. The first-order valence-electron chi connectivity index (χ1n) is 8.90. The van der Waals surface area contributed by atoms with Crippen LogP contribution in [0, 0.1) is 0 Å². The Morgan fingerprint density at radius 3 is 2.37 bits per heavy atom. The van der Waals surface area contributed by atoms with Crippen molar-refractivity contribution in [3.63, 3.8) is 0 Å². The number of sulfone groups is 1. The van der Waals surface area contributed by atoms with E-state index < -0.39 is 20.5 Å². The number of halogens is 1. The summed E-state index contributed by atoms with van der Waals surface area (Å²) in [6, 6.07) is 15.1. The second kappa shape index (κ2) is 7.90. The Bertz CT molecular complexity index is 923. The van der Waals surface area contributed by atoms with E-state index in [1.54, 1.807) is 18.2 Å². The summed E-state index contributed by atoms with van der Waals surface area (Å²) >= 11 is 6.33. The number of carbonyl (C=O) groups excluding carboxylic acids is 1. The van der Waals surface area contributed by atoms with Crippen LogP contribution in [0.2, 0.25) is 5.02 Å². The molecule has 0 heterocycles. The Morgan fingerprint density at radius 2 is 1.78 bits per heavy atom. The van der Waals surface area contributed by atoms with Crippen molar-refractivity contribution in [3.8, 4) is 0 Å². The van der Waals surface area contributed by atoms with Gasteiger partial charge in [0.15, 0.2) is 14.6 Å². The number of amides is 1. The molecule has 7 heteroatoms. The fourth-order valence-electron chi connectivity index (χ4n) is 3.49. The molecule has 3 rings (SSSR count). The van der Waals surface area contributed by atoms with Gasteiger partial charge in [0.25, 0.3) is 0 Å². The van der Waals surface area contributed by atoms with Crippen molar-refractivity contribution in [1.29, 1.82) is 0 Å². The summed E-state index contributed by atoms with van der Waals surface area (Å²) in [5.74, 6) is -0.469. The molecule has 0 saturated heterocycles. The molecule has 144 valence electrons. The lowest BCUT2D eigenvalue weighted by Gasteiger charge is -2.25. The third-order valence-electron chi connectivity index (χ3n) is 5.09. The highest BCUT2D eigenvalue weighted by molar-refractivity contribution is 7.92. The summed E-state index contributed by atoms with van der Waals surface area (Å²) < 4.78 is 23.1. The SMILES string of the molecule is CS(=O)(=O)C1(C(=O)Nc2ccc(NCc3ccccc3)c(Cl)c2)CCCC1. The molecule has 0 aliphatic heterocycles. The van der Waals surface area contributed by atoms with Gasteiger partial charge in [-0.3, -0.25) is 4.79 Å². The van der Waals surface area contributed by atoms with Gasteiger partial charge < -0.3 is 10.6 Å². The number of rotatable bonds is 6. The van der Waals surface area contributed by atoms with Gasteiger partial charge in [-0.1, -0.05) is 54.8 Å². The van der Waals surface area contributed by atoms with Crippen LogP contribution in [-0.2, 0) is 21.2 Å². The average Bonchev–Trinajstić information content (AvgIpc) is 3.13. The molecule has 2 aromatic carbocycles. The number of carbonyl (C=O) groups is 1. The molecule has 1 saturated carbocycles. The highest BCUT2D eigenvalue weighted by atomic mass is 35.5. The van der Waals surface area contributed by atoms with Crippen LogP contribution in [0.15, 0.2) is 48.5 Å². The van der Waals surface area contributed by atoms with Crippen LogP contribution in [0.25, 0.3) is 0 Å². The molecule has 0 radical (unpaired) electrons. The van der Waals surface area contributed by atoms with Gasteiger partial charge in [-0.25, -0.2) is 8.42 Å². The fourth-order valence-corrected chi connectivity index (χ4v) is 5.15. The molecule has 2 N–H and O–H groups in total. The van der Waals surface area contributed by atoms with E-state index in [4.69, 9.17) is 11.6 Å². The zero-order valence-electron chi connectivity index (χ0n) is 15.2. The Kier molecular flexibility index (Phi) is 5.77. The summed E-state index contributed by atoms with van der Waals surface area (Å²) in [7, 11) is -3.50. The minimum atomic E-state index is -3.50. The van der Waals surface area contributed by atoms with Crippen molar-refractivity contribution in [2.24, 2.45) is 0 Å². The largest absolute Gasteiger partial charge is 0.380 e. The smallest absolute Gasteiger partial charge is 0.245 e. The van der Waals surface area contributed by atoms with E-state index in [9.17, 15) is 13.2 Å². The Labute approximate surface area is 165 Å². The molecular weight excluding hydrogens is 384 g/mol. The van der Waals surface area contributed by atoms with Crippen LogP contribution in [0.5, 0.6) is 0 Å². The Balaban J connectivity index is 1.71. The second-order valence-corrected chi connectivity index (χ2v) is 9.69. The van der Waals surface area contributed by atoms with Gasteiger partial charge in [0.05, 0.1) is 10.7 Å². The second-order valence-electron chi connectivity index (χ2n) is 6.96. The zero-order valence-corrected chi connectivity index (χ0v) is 16.7. The van der Waals surface area contributed by atoms with E-state index in [1.165, 1.54) is 0 Å². The van der Waals surface area contributed by atoms with Crippen molar-refractivity contribution in [1.82, 2.24) is 0 Å². The number of hydrogen-bond acceptors (Lipinski definition) is 4. The molecule has 2 aromatic rings. The van der Waals surface area contributed by atoms with Gasteiger partial charge in [0.1, 0.15) is 0 Å². The maximum atomic E-state index is 12.7. The normalized spacial score (nSPS) is 16.1. The molecule has 1 aliphatic rings. The molecule has 0 atom stereocenters. The van der Waals surface area contributed by atoms with Crippen molar-refractivity contribution >= 4 is 38.7 Å². The van der Waals surface area contributed by atoms with Crippen molar-refractivity contribution in [2.45, 2.75) is 37.0 Å². The van der Waals surface area contributed by atoms with Gasteiger partial charge in [0.2, 0.25) is 5.91 Å². The number of nitrogens with one attached hydrogen (secondary N) is 2. The summed E-state index contributed by atoms with van der Waals surface area (Å²) in [6.45, 7) is 0.628. The number of hydrogen-bond donors (Lipinski definition) is 2. The van der Waals surface area contributed by atoms with Gasteiger partial charge in [0, 0.05) is 18.5 Å². The lowest BCUT2D eigenvalue weighted by molar-refractivity contribution is -0.118. The molecule has 1 amide bonds. The van der Waals surface area contributed by atoms with E-state index in [-0.39, 0.29) is 0 Å². The molecule has 1 fully saturated rings. The Hall–Kier alpha value is -2.05. The summed E-state index contributed by atoms with van der Waals surface area (Å²) in [6.07, 6.45) is 3.35. The highest BCUT2D eigenvalue weighted by Crippen LogP contribution is 2.38. The molecule has 0 unspecified atom stereocenters. The van der Waals surface area contributed by atoms with Crippen LogP contribution in [0.1, 0.15) is 31.2 Å². The summed E-state index contributed by atoms with van der Waals surface area (Å²) in [4.78, 5) is 12.7. The number of benzene rings is 2. The van der Waals surface area contributed by atoms with Gasteiger partial charge in [-0.2, -0.15) is 0 Å². The quantitative estimate of drug-likeness (QED) is 0.752. The highest BCUT2D eigenvalue weighted by Gasteiger charge is 2.49. The number of anilines is 2. The first kappa shape index (κ1) is 19.7. The Morgan fingerprint density at radius 1 is 1.11 bits per heavy atom. The molecule has 0 bridgehead atoms. The van der Waals surface area contributed by atoms with Gasteiger partial charge >= 0.3 is 0 Å². The molecule has 27 heavy (non-hydrogen) atoms. The molecule has 0 spiro atoms. The molecule has 0 aromatic heterocycles. The van der Waals surface area contributed by atoms with Crippen molar-refractivity contribution in [3.05, 3.63) is 59.1 Å². The predicted octanol–water partition coefficient (Wildman–Crippen LogP) is 4.25. The molecule has 1 aliphatic carbocycles. The third kappa shape index (κ3) is 4.28. The van der Waals surface area contributed by atoms with Gasteiger partial charge in [-0.05, 0) is 36.6 Å². The van der Waals surface area contributed by atoms with Crippen LogP contribution in [0.4, 0.5) is 11.4 Å². The van der Waals surface area contributed by atoms with E-state index in [1.807, 2.05) is 30.3 Å².